The standard InChI is InChI=1S/C13H20ClN3O3/c1-13(2,3)17-12(19)20-5-4-15-11-10(14)6-9(8-18)7-16-11/h6-7,18H,4-5,8H2,1-3H3,(H,15,16)(H,17,19). The number of rotatable bonds is 5. The second-order valence-corrected chi connectivity index (χ2v) is 5.68. The molecule has 0 bridgehead atoms. The second-order valence-electron chi connectivity index (χ2n) is 5.27. The Balaban J connectivity index is 2.33. The van der Waals surface area contributed by atoms with E-state index in [9.17, 15) is 4.79 Å². The summed E-state index contributed by atoms with van der Waals surface area (Å²) < 4.78 is 5.00. The molecule has 7 heteroatoms. The number of nitrogens with zero attached hydrogens (tertiary/aromatic N) is 1. The number of aromatic nitrogens is 1. The fourth-order valence-corrected chi connectivity index (χ4v) is 1.61. The summed E-state index contributed by atoms with van der Waals surface area (Å²) in [5.41, 5.74) is 0.316. The molecule has 0 aliphatic carbocycles. The number of alkyl carbamates (subject to hydrolysis) is 1. The molecular weight excluding hydrogens is 282 g/mol. The first-order chi connectivity index (χ1) is 9.31. The summed E-state index contributed by atoms with van der Waals surface area (Å²) in [5, 5.41) is 15.0. The van der Waals surface area contributed by atoms with Crippen molar-refractivity contribution in [1.82, 2.24) is 10.3 Å². The zero-order chi connectivity index (χ0) is 15.2. The van der Waals surface area contributed by atoms with Crippen molar-refractivity contribution in [2.75, 3.05) is 18.5 Å². The molecule has 1 rings (SSSR count). The number of nitrogens with one attached hydrogen (secondary N) is 2. The smallest absolute Gasteiger partial charge is 0.407 e. The second kappa shape index (κ2) is 7.31. The summed E-state index contributed by atoms with van der Waals surface area (Å²) >= 11 is 5.98. The summed E-state index contributed by atoms with van der Waals surface area (Å²) in [7, 11) is 0. The normalized spacial score (nSPS) is 11.1. The van der Waals surface area contributed by atoms with Gasteiger partial charge in [-0.1, -0.05) is 11.6 Å². The van der Waals surface area contributed by atoms with E-state index < -0.39 is 6.09 Å². The van der Waals surface area contributed by atoms with Gasteiger partial charge in [-0.25, -0.2) is 9.78 Å². The molecule has 3 N–H and O–H groups in total. The van der Waals surface area contributed by atoms with Gasteiger partial charge in [0.1, 0.15) is 12.4 Å². The third-order valence-electron chi connectivity index (χ3n) is 2.19. The van der Waals surface area contributed by atoms with Crippen molar-refractivity contribution in [1.29, 1.82) is 0 Å². The first-order valence-electron chi connectivity index (χ1n) is 6.26. The van der Waals surface area contributed by atoms with Gasteiger partial charge in [0.15, 0.2) is 0 Å². The first-order valence-corrected chi connectivity index (χ1v) is 6.64. The van der Waals surface area contributed by atoms with Crippen molar-refractivity contribution in [3.63, 3.8) is 0 Å². The number of carbonyl (C=O) groups excluding carboxylic acids is 1. The number of aliphatic hydroxyl groups excluding tert-OH is 1. The lowest BCUT2D eigenvalue weighted by Crippen LogP contribution is -2.41. The average Bonchev–Trinajstić information content (AvgIpc) is 2.33. The molecule has 0 aliphatic rings. The molecule has 0 spiro atoms. The molecule has 20 heavy (non-hydrogen) atoms. The van der Waals surface area contributed by atoms with Crippen LogP contribution in [0.5, 0.6) is 0 Å². The maximum Gasteiger partial charge on any atom is 0.407 e. The van der Waals surface area contributed by atoms with E-state index in [1.54, 1.807) is 6.07 Å². The third kappa shape index (κ3) is 6.08. The lowest BCUT2D eigenvalue weighted by Gasteiger charge is -2.20. The maximum absolute atomic E-state index is 11.4. The molecular formula is C13H20ClN3O3. The monoisotopic (exact) mass is 301 g/mol. The van der Waals surface area contributed by atoms with Crippen LogP contribution in [0.4, 0.5) is 10.6 Å². The van der Waals surface area contributed by atoms with Gasteiger partial charge in [-0.3, -0.25) is 0 Å². The minimum absolute atomic E-state index is 0.108. The van der Waals surface area contributed by atoms with E-state index in [4.69, 9.17) is 21.4 Å². The Morgan fingerprint density at radius 2 is 2.20 bits per heavy atom. The van der Waals surface area contributed by atoms with Crippen molar-refractivity contribution >= 4 is 23.5 Å². The fraction of sp³-hybridized carbons (Fsp3) is 0.538. The Morgan fingerprint density at radius 1 is 1.50 bits per heavy atom. The zero-order valence-electron chi connectivity index (χ0n) is 11.9. The lowest BCUT2D eigenvalue weighted by molar-refractivity contribution is 0.142. The van der Waals surface area contributed by atoms with Crippen LogP contribution < -0.4 is 10.6 Å². The maximum atomic E-state index is 11.4. The van der Waals surface area contributed by atoms with Crippen molar-refractivity contribution in [2.24, 2.45) is 0 Å². The van der Waals surface area contributed by atoms with Crippen LogP contribution >= 0.6 is 11.6 Å². The zero-order valence-corrected chi connectivity index (χ0v) is 12.6. The molecule has 0 aromatic carbocycles. The third-order valence-corrected chi connectivity index (χ3v) is 2.47. The Hall–Kier alpha value is -1.53. The molecule has 0 fully saturated rings. The van der Waals surface area contributed by atoms with E-state index in [2.05, 4.69) is 15.6 Å². The van der Waals surface area contributed by atoms with Gasteiger partial charge in [0.2, 0.25) is 0 Å². The molecule has 0 unspecified atom stereocenters. The average molecular weight is 302 g/mol. The topological polar surface area (TPSA) is 83.5 Å². The predicted molar refractivity (Wildman–Crippen MR) is 77.9 cm³/mol. The largest absolute Gasteiger partial charge is 0.448 e. The Bertz CT molecular complexity index is 461. The summed E-state index contributed by atoms with van der Waals surface area (Å²) in [4.78, 5) is 15.5. The quantitative estimate of drug-likeness (QED) is 0.726. The van der Waals surface area contributed by atoms with E-state index in [0.29, 0.717) is 22.9 Å². The van der Waals surface area contributed by atoms with Crippen LogP contribution in [0.15, 0.2) is 12.3 Å². The highest BCUT2D eigenvalue weighted by atomic mass is 35.5. The lowest BCUT2D eigenvalue weighted by atomic mass is 10.1. The van der Waals surface area contributed by atoms with Gasteiger partial charge in [-0.2, -0.15) is 0 Å². The highest BCUT2D eigenvalue weighted by molar-refractivity contribution is 6.32. The highest BCUT2D eigenvalue weighted by Gasteiger charge is 2.14. The number of hydrogen-bond donors (Lipinski definition) is 3. The fourth-order valence-electron chi connectivity index (χ4n) is 1.35. The molecule has 0 saturated carbocycles. The molecule has 0 radical (unpaired) electrons. The molecule has 1 aromatic heterocycles. The van der Waals surface area contributed by atoms with Crippen molar-refractivity contribution in [2.45, 2.75) is 32.9 Å². The summed E-state index contributed by atoms with van der Waals surface area (Å²) in [6.07, 6.45) is 1.07. The Morgan fingerprint density at radius 3 is 2.75 bits per heavy atom. The number of ether oxygens (including phenoxy) is 1. The van der Waals surface area contributed by atoms with Crippen LogP contribution in [0.25, 0.3) is 0 Å². The van der Waals surface area contributed by atoms with Gasteiger partial charge in [0.05, 0.1) is 18.2 Å². The van der Waals surface area contributed by atoms with Crippen LogP contribution in [0.2, 0.25) is 5.02 Å². The van der Waals surface area contributed by atoms with Gasteiger partial charge in [0.25, 0.3) is 0 Å². The molecule has 112 valence electrons. The Labute approximate surface area is 123 Å². The Kier molecular flexibility index (Phi) is 6.04. The molecule has 1 amide bonds. The number of aliphatic hydroxyl groups is 1. The molecule has 1 heterocycles. The SMILES string of the molecule is CC(C)(C)NC(=O)OCCNc1ncc(CO)cc1Cl. The number of carbonyl (C=O) groups is 1. The van der Waals surface area contributed by atoms with E-state index >= 15 is 0 Å². The van der Waals surface area contributed by atoms with Gasteiger partial charge >= 0.3 is 6.09 Å². The number of pyridine rings is 1. The molecule has 0 saturated heterocycles. The van der Waals surface area contributed by atoms with Crippen LogP contribution in [-0.4, -0.2) is 34.9 Å². The van der Waals surface area contributed by atoms with Crippen LogP contribution in [0.3, 0.4) is 0 Å². The van der Waals surface area contributed by atoms with E-state index in [1.807, 2.05) is 20.8 Å². The first kappa shape index (κ1) is 16.5. The molecule has 0 atom stereocenters. The van der Waals surface area contributed by atoms with E-state index in [1.165, 1.54) is 6.20 Å². The van der Waals surface area contributed by atoms with Crippen molar-refractivity contribution in [3.05, 3.63) is 22.8 Å². The number of halogens is 1. The van der Waals surface area contributed by atoms with Crippen molar-refractivity contribution < 1.29 is 14.6 Å². The van der Waals surface area contributed by atoms with Crippen molar-refractivity contribution in [3.8, 4) is 0 Å². The van der Waals surface area contributed by atoms with E-state index in [-0.39, 0.29) is 18.8 Å². The predicted octanol–water partition coefficient (Wildman–Crippen LogP) is 2.16. The summed E-state index contributed by atoms with van der Waals surface area (Å²) in [5.74, 6) is 0.490. The minimum Gasteiger partial charge on any atom is -0.448 e. The summed E-state index contributed by atoms with van der Waals surface area (Å²) in [6, 6.07) is 1.63. The number of hydrogen-bond acceptors (Lipinski definition) is 5. The van der Waals surface area contributed by atoms with Gasteiger partial charge in [0, 0.05) is 11.7 Å². The van der Waals surface area contributed by atoms with Crippen LogP contribution in [-0.2, 0) is 11.3 Å². The number of amides is 1. The van der Waals surface area contributed by atoms with Crippen LogP contribution in [0, 0.1) is 0 Å². The highest BCUT2D eigenvalue weighted by Crippen LogP contribution is 2.19. The molecule has 6 nitrogen and oxygen atoms in total. The molecule has 0 aliphatic heterocycles. The van der Waals surface area contributed by atoms with Gasteiger partial charge in [-0.05, 0) is 32.4 Å². The van der Waals surface area contributed by atoms with Gasteiger partial charge in [-0.15, -0.1) is 0 Å². The number of anilines is 1. The van der Waals surface area contributed by atoms with Gasteiger partial charge < -0.3 is 20.5 Å². The minimum atomic E-state index is -0.464. The van der Waals surface area contributed by atoms with E-state index in [0.717, 1.165) is 0 Å². The summed E-state index contributed by atoms with van der Waals surface area (Å²) in [6.45, 7) is 6.10. The van der Waals surface area contributed by atoms with Crippen LogP contribution in [0.1, 0.15) is 26.3 Å². The molecule has 1 aromatic rings.